The summed E-state index contributed by atoms with van der Waals surface area (Å²) in [6.07, 6.45) is -2.40. The molecule has 0 bridgehead atoms. The van der Waals surface area contributed by atoms with Gasteiger partial charge in [0.05, 0.1) is 11.6 Å². The molecule has 16 heavy (non-hydrogen) atoms. The lowest BCUT2D eigenvalue weighted by atomic mass is 10.0. The van der Waals surface area contributed by atoms with Crippen LogP contribution in [0.1, 0.15) is 30.2 Å². The van der Waals surface area contributed by atoms with Crippen LogP contribution in [0.15, 0.2) is 10.6 Å². The molecule has 6 heteroatoms. The van der Waals surface area contributed by atoms with Crippen molar-refractivity contribution < 1.29 is 17.7 Å². The van der Waals surface area contributed by atoms with Gasteiger partial charge in [0.2, 0.25) is 0 Å². The molecule has 0 saturated heterocycles. The highest BCUT2D eigenvalue weighted by atomic mass is 19.4. The summed E-state index contributed by atoms with van der Waals surface area (Å²) >= 11 is 0. The number of nitrogens with two attached hydrogens (primary N) is 1. The van der Waals surface area contributed by atoms with Crippen LogP contribution >= 0.6 is 0 Å². The summed E-state index contributed by atoms with van der Waals surface area (Å²) in [4.78, 5) is 0. The van der Waals surface area contributed by atoms with Gasteiger partial charge in [-0.1, -0.05) is 5.16 Å². The quantitative estimate of drug-likeness (QED) is 0.869. The first-order chi connectivity index (χ1) is 7.50. The molecule has 1 unspecified atom stereocenters. The predicted octanol–water partition coefficient (Wildman–Crippen LogP) is 2.23. The van der Waals surface area contributed by atoms with Crippen LogP contribution in [0, 0.1) is 5.92 Å². The number of rotatable bonds is 4. The van der Waals surface area contributed by atoms with Crippen LogP contribution in [0.5, 0.6) is 0 Å². The molecule has 1 aliphatic carbocycles. The Bertz CT molecular complexity index is 357. The summed E-state index contributed by atoms with van der Waals surface area (Å²) < 4.78 is 42.3. The molecule has 2 rings (SSSR count). The minimum Gasteiger partial charge on any atom is -0.361 e. The molecular formula is C10H13F3N2O. The third-order valence-electron chi connectivity index (χ3n) is 2.76. The fourth-order valence-corrected chi connectivity index (χ4v) is 1.57. The summed E-state index contributed by atoms with van der Waals surface area (Å²) in [5, 5.41) is 3.65. The van der Waals surface area contributed by atoms with E-state index in [0.29, 0.717) is 17.4 Å². The molecule has 0 radical (unpaired) electrons. The topological polar surface area (TPSA) is 52.0 Å². The third kappa shape index (κ3) is 2.55. The van der Waals surface area contributed by atoms with E-state index in [1.807, 2.05) is 0 Å². The lowest BCUT2D eigenvalue weighted by molar-refractivity contribution is -0.171. The minimum atomic E-state index is -4.27. The van der Waals surface area contributed by atoms with Gasteiger partial charge < -0.3 is 10.3 Å². The van der Waals surface area contributed by atoms with E-state index in [2.05, 4.69) is 5.16 Å². The first-order valence-corrected chi connectivity index (χ1v) is 5.23. The Morgan fingerprint density at radius 2 is 2.19 bits per heavy atom. The second-order valence-corrected chi connectivity index (χ2v) is 4.17. The summed E-state index contributed by atoms with van der Waals surface area (Å²) in [5.74, 6) is -0.471. The Labute approximate surface area is 90.8 Å². The molecule has 1 aromatic rings. The van der Waals surface area contributed by atoms with Crippen molar-refractivity contribution in [3.05, 3.63) is 17.5 Å². The first kappa shape index (κ1) is 11.4. The monoisotopic (exact) mass is 234 g/mol. The smallest absolute Gasteiger partial charge is 0.361 e. The van der Waals surface area contributed by atoms with Gasteiger partial charge in [-0.25, -0.2) is 0 Å². The highest BCUT2D eigenvalue weighted by Crippen LogP contribution is 2.40. The Morgan fingerprint density at radius 3 is 2.69 bits per heavy atom. The third-order valence-corrected chi connectivity index (χ3v) is 2.76. The molecule has 1 atom stereocenters. The number of hydrogen-bond acceptors (Lipinski definition) is 3. The standard InChI is InChI=1S/C10H13F3N2O/c11-10(12,13)7(5-14)3-8-4-9(16-15-8)6-1-2-6/h4,6-7H,1-3,5,14H2. The van der Waals surface area contributed by atoms with Crippen molar-refractivity contribution in [3.8, 4) is 0 Å². The number of halogens is 3. The Balaban J connectivity index is 2.01. The van der Waals surface area contributed by atoms with Crippen molar-refractivity contribution in [3.63, 3.8) is 0 Å². The van der Waals surface area contributed by atoms with Crippen molar-refractivity contribution in [1.29, 1.82) is 0 Å². The van der Waals surface area contributed by atoms with Crippen LogP contribution in [0.25, 0.3) is 0 Å². The zero-order valence-electron chi connectivity index (χ0n) is 8.63. The number of hydrogen-bond donors (Lipinski definition) is 1. The zero-order chi connectivity index (χ0) is 11.8. The summed E-state index contributed by atoms with van der Waals surface area (Å²) in [6, 6.07) is 1.62. The summed E-state index contributed by atoms with van der Waals surface area (Å²) in [7, 11) is 0. The second-order valence-electron chi connectivity index (χ2n) is 4.17. The Hall–Kier alpha value is -1.04. The lowest BCUT2D eigenvalue weighted by Crippen LogP contribution is -2.32. The number of nitrogens with zero attached hydrogens (tertiary/aromatic N) is 1. The van der Waals surface area contributed by atoms with Gasteiger partial charge in [0.25, 0.3) is 0 Å². The molecule has 0 amide bonds. The fraction of sp³-hybridized carbons (Fsp3) is 0.700. The van der Waals surface area contributed by atoms with E-state index >= 15 is 0 Å². The molecule has 1 aromatic heterocycles. The van der Waals surface area contributed by atoms with Gasteiger partial charge in [-0.05, 0) is 12.8 Å². The van der Waals surface area contributed by atoms with Crippen molar-refractivity contribution in [2.45, 2.75) is 31.4 Å². The maximum absolute atomic E-state index is 12.4. The van der Waals surface area contributed by atoms with Gasteiger partial charge in [0, 0.05) is 24.9 Å². The lowest BCUT2D eigenvalue weighted by Gasteiger charge is -2.16. The molecular weight excluding hydrogens is 221 g/mol. The minimum absolute atomic E-state index is 0.198. The first-order valence-electron chi connectivity index (χ1n) is 5.23. The molecule has 0 spiro atoms. The molecule has 1 saturated carbocycles. The van der Waals surface area contributed by atoms with E-state index in [1.54, 1.807) is 6.07 Å². The van der Waals surface area contributed by atoms with Gasteiger partial charge in [0.1, 0.15) is 5.76 Å². The SMILES string of the molecule is NCC(Cc1cc(C2CC2)on1)C(F)(F)F. The van der Waals surface area contributed by atoms with Gasteiger partial charge in [-0.15, -0.1) is 0 Å². The Kier molecular flexibility index (Phi) is 2.92. The normalized spacial score (nSPS) is 18.8. The van der Waals surface area contributed by atoms with E-state index in [9.17, 15) is 13.2 Å². The van der Waals surface area contributed by atoms with Gasteiger partial charge in [0.15, 0.2) is 0 Å². The average Bonchev–Trinajstić information content (AvgIpc) is 2.94. The van der Waals surface area contributed by atoms with Gasteiger partial charge >= 0.3 is 6.18 Å². The van der Waals surface area contributed by atoms with Crippen LogP contribution in [0.4, 0.5) is 13.2 Å². The molecule has 1 heterocycles. The van der Waals surface area contributed by atoms with E-state index < -0.39 is 18.6 Å². The van der Waals surface area contributed by atoms with Crippen molar-refractivity contribution >= 4 is 0 Å². The van der Waals surface area contributed by atoms with Crippen LogP contribution in [-0.4, -0.2) is 17.9 Å². The second kappa shape index (κ2) is 4.08. The van der Waals surface area contributed by atoms with Crippen molar-refractivity contribution in [1.82, 2.24) is 5.16 Å². The highest BCUT2D eigenvalue weighted by Gasteiger charge is 2.39. The van der Waals surface area contributed by atoms with Crippen LogP contribution in [0.3, 0.4) is 0 Å². The molecule has 3 nitrogen and oxygen atoms in total. The summed E-state index contributed by atoms with van der Waals surface area (Å²) in [5.41, 5.74) is 5.45. The summed E-state index contributed by atoms with van der Waals surface area (Å²) in [6.45, 7) is -0.422. The van der Waals surface area contributed by atoms with E-state index in [-0.39, 0.29) is 6.42 Å². The molecule has 1 fully saturated rings. The molecule has 0 aromatic carbocycles. The maximum Gasteiger partial charge on any atom is 0.393 e. The van der Waals surface area contributed by atoms with Crippen LogP contribution in [0.2, 0.25) is 0 Å². The predicted molar refractivity (Wildman–Crippen MR) is 50.8 cm³/mol. The van der Waals surface area contributed by atoms with E-state index in [1.165, 1.54) is 0 Å². The largest absolute Gasteiger partial charge is 0.393 e. The number of aromatic nitrogens is 1. The molecule has 90 valence electrons. The highest BCUT2D eigenvalue weighted by molar-refractivity contribution is 5.15. The molecule has 1 aliphatic rings. The van der Waals surface area contributed by atoms with Gasteiger partial charge in [-0.3, -0.25) is 0 Å². The van der Waals surface area contributed by atoms with Crippen molar-refractivity contribution in [2.24, 2.45) is 11.7 Å². The maximum atomic E-state index is 12.4. The van der Waals surface area contributed by atoms with E-state index in [0.717, 1.165) is 12.8 Å². The van der Waals surface area contributed by atoms with Crippen molar-refractivity contribution in [2.75, 3.05) is 6.54 Å². The molecule has 2 N–H and O–H groups in total. The number of alkyl halides is 3. The zero-order valence-corrected chi connectivity index (χ0v) is 8.63. The van der Waals surface area contributed by atoms with Crippen LogP contribution < -0.4 is 5.73 Å². The average molecular weight is 234 g/mol. The van der Waals surface area contributed by atoms with E-state index in [4.69, 9.17) is 10.3 Å². The van der Waals surface area contributed by atoms with Gasteiger partial charge in [-0.2, -0.15) is 13.2 Å². The fourth-order valence-electron chi connectivity index (χ4n) is 1.57. The van der Waals surface area contributed by atoms with Crippen LogP contribution in [-0.2, 0) is 6.42 Å². The molecule has 0 aliphatic heterocycles. The Morgan fingerprint density at radius 1 is 1.50 bits per heavy atom.